The Bertz CT molecular complexity index is 1200. The highest BCUT2D eigenvalue weighted by Gasteiger charge is 2.17. The Morgan fingerprint density at radius 2 is 2.03 bits per heavy atom. The number of nitrogens with zero attached hydrogens (tertiary/aromatic N) is 3. The first-order valence-electron chi connectivity index (χ1n) is 9.11. The fraction of sp³-hybridized carbons (Fsp3) is 0.182. The SMILES string of the molecule is CCc1ccc(Oc2nc3c(C)cccn3c(=O)c2C=C(C#N)C(=O)NC)cc1. The number of nitriles is 1. The van der Waals surface area contributed by atoms with Gasteiger partial charge in [0.05, 0.1) is 0 Å². The Hall–Kier alpha value is -3.92. The van der Waals surface area contributed by atoms with Crippen molar-refractivity contribution in [1.29, 1.82) is 5.26 Å². The van der Waals surface area contributed by atoms with Crippen LogP contribution in [0, 0.1) is 18.3 Å². The topological polar surface area (TPSA) is 96.5 Å². The standard InChI is InChI=1S/C22H20N4O3/c1-4-15-7-9-17(10-8-15)29-21-18(12-16(13-23)20(27)24-3)22(28)26-11-5-6-14(2)19(26)25-21/h5-12H,4H2,1-3H3,(H,24,27). The van der Waals surface area contributed by atoms with Gasteiger partial charge in [0.2, 0.25) is 5.88 Å². The Labute approximate surface area is 167 Å². The molecule has 0 spiro atoms. The van der Waals surface area contributed by atoms with Crippen LogP contribution in [0.2, 0.25) is 0 Å². The van der Waals surface area contributed by atoms with Gasteiger partial charge in [0.15, 0.2) is 0 Å². The van der Waals surface area contributed by atoms with E-state index in [1.165, 1.54) is 17.5 Å². The van der Waals surface area contributed by atoms with E-state index >= 15 is 0 Å². The van der Waals surface area contributed by atoms with Crippen molar-refractivity contribution in [2.45, 2.75) is 20.3 Å². The first-order chi connectivity index (χ1) is 14.0. The molecule has 1 aromatic carbocycles. The van der Waals surface area contributed by atoms with Gasteiger partial charge in [-0.25, -0.2) is 0 Å². The molecule has 0 bridgehead atoms. The molecule has 0 saturated heterocycles. The molecule has 29 heavy (non-hydrogen) atoms. The van der Waals surface area contributed by atoms with E-state index in [-0.39, 0.29) is 17.0 Å². The number of aromatic nitrogens is 2. The van der Waals surface area contributed by atoms with Gasteiger partial charge in [0.25, 0.3) is 11.5 Å². The summed E-state index contributed by atoms with van der Waals surface area (Å²) in [4.78, 5) is 29.6. The zero-order valence-electron chi connectivity index (χ0n) is 16.4. The van der Waals surface area contributed by atoms with E-state index in [9.17, 15) is 14.9 Å². The first kappa shape index (κ1) is 19.8. The van der Waals surface area contributed by atoms with Crippen molar-refractivity contribution in [2.75, 3.05) is 7.05 Å². The van der Waals surface area contributed by atoms with E-state index in [2.05, 4.69) is 17.2 Å². The van der Waals surface area contributed by atoms with Crippen molar-refractivity contribution in [3.05, 3.63) is 75.2 Å². The number of nitrogens with one attached hydrogen (secondary N) is 1. The molecule has 0 aliphatic carbocycles. The molecular weight excluding hydrogens is 368 g/mol. The van der Waals surface area contributed by atoms with Crippen LogP contribution in [0.15, 0.2) is 53.0 Å². The quantitative estimate of drug-likeness (QED) is 0.535. The van der Waals surface area contributed by atoms with Gasteiger partial charge in [-0.1, -0.05) is 25.1 Å². The Kier molecular flexibility index (Phi) is 5.74. The lowest BCUT2D eigenvalue weighted by atomic mass is 10.1. The molecule has 1 N–H and O–H groups in total. The molecule has 0 aliphatic heterocycles. The molecule has 3 rings (SSSR count). The summed E-state index contributed by atoms with van der Waals surface area (Å²) < 4.78 is 7.27. The van der Waals surface area contributed by atoms with Crippen LogP contribution in [0.4, 0.5) is 0 Å². The molecule has 0 unspecified atom stereocenters. The highest BCUT2D eigenvalue weighted by atomic mass is 16.5. The van der Waals surface area contributed by atoms with Gasteiger partial charge in [0.1, 0.15) is 28.6 Å². The van der Waals surface area contributed by atoms with Crippen LogP contribution in [0.5, 0.6) is 11.6 Å². The molecular formula is C22H20N4O3. The zero-order chi connectivity index (χ0) is 21.0. The average Bonchev–Trinajstić information content (AvgIpc) is 2.74. The third-order valence-corrected chi connectivity index (χ3v) is 4.48. The van der Waals surface area contributed by atoms with Gasteiger partial charge in [0, 0.05) is 13.2 Å². The zero-order valence-corrected chi connectivity index (χ0v) is 16.4. The number of rotatable bonds is 5. The fourth-order valence-corrected chi connectivity index (χ4v) is 2.83. The van der Waals surface area contributed by atoms with Gasteiger partial charge < -0.3 is 10.1 Å². The number of carbonyl (C=O) groups excluding carboxylic acids is 1. The number of benzene rings is 1. The van der Waals surface area contributed by atoms with Crippen molar-refractivity contribution in [1.82, 2.24) is 14.7 Å². The summed E-state index contributed by atoms with van der Waals surface area (Å²) in [6.07, 6.45) is 3.68. The summed E-state index contributed by atoms with van der Waals surface area (Å²) in [5, 5.41) is 11.7. The van der Waals surface area contributed by atoms with Gasteiger partial charge in [-0.05, 0) is 48.7 Å². The smallest absolute Gasteiger partial charge is 0.269 e. The summed E-state index contributed by atoms with van der Waals surface area (Å²) in [6, 6.07) is 12.8. The molecule has 0 fully saturated rings. The van der Waals surface area contributed by atoms with Crippen molar-refractivity contribution >= 4 is 17.6 Å². The summed E-state index contributed by atoms with van der Waals surface area (Å²) in [6.45, 7) is 3.89. The largest absolute Gasteiger partial charge is 0.438 e. The number of carbonyl (C=O) groups is 1. The predicted octanol–water partition coefficient (Wildman–Crippen LogP) is 3.01. The van der Waals surface area contributed by atoms with E-state index in [1.54, 1.807) is 24.4 Å². The van der Waals surface area contributed by atoms with Crippen LogP contribution in [0.25, 0.3) is 11.7 Å². The third-order valence-electron chi connectivity index (χ3n) is 4.48. The molecule has 7 nitrogen and oxygen atoms in total. The maximum atomic E-state index is 13.1. The van der Waals surface area contributed by atoms with Crippen molar-refractivity contribution < 1.29 is 9.53 Å². The van der Waals surface area contributed by atoms with Gasteiger partial charge >= 0.3 is 0 Å². The van der Waals surface area contributed by atoms with Gasteiger partial charge in [-0.3, -0.25) is 14.0 Å². The fourth-order valence-electron chi connectivity index (χ4n) is 2.83. The second kappa shape index (κ2) is 8.40. The summed E-state index contributed by atoms with van der Waals surface area (Å²) in [5.41, 5.74) is 1.74. The number of hydrogen-bond donors (Lipinski definition) is 1. The van der Waals surface area contributed by atoms with Crippen molar-refractivity contribution in [3.63, 3.8) is 0 Å². The summed E-state index contributed by atoms with van der Waals surface area (Å²) >= 11 is 0. The number of likely N-dealkylation sites (N-methyl/N-ethyl adjacent to an activating group) is 1. The number of pyridine rings is 1. The lowest BCUT2D eigenvalue weighted by Crippen LogP contribution is -2.22. The Morgan fingerprint density at radius 1 is 1.31 bits per heavy atom. The van der Waals surface area contributed by atoms with E-state index in [0.717, 1.165) is 17.5 Å². The van der Waals surface area contributed by atoms with E-state index < -0.39 is 11.5 Å². The molecule has 3 aromatic rings. The maximum Gasteiger partial charge on any atom is 0.269 e. The van der Waals surface area contributed by atoms with Crippen molar-refractivity contribution in [2.24, 2.45) is 0 Å². The second-order valence-electron chi connectivity index (χ2n) is 6.37. The molecule has 2 heterocycles. The lowest BCUT2D eigenvalue weighted by molar-refractivity contribution is -0.116. The predicted molar refractivity (Wildman–Crippen MR) is 110 cm³/mol. The van der Waals surface area contributed by atoms with E-state index in [1.807, 2.05) is 31.2 Å². The van der Waals surface area contributed by atoms with Crippen LogP contribution in [0.1, 0.15) is 23.6 Å². The normalized spacial score (nSPS) is 11.2. The minimum atomic E-state index is -0.598. The summed E-state index contributed by atoms with van der Waals surface area (Å²) in [7, 11) is 1.41. The van der Waals surface area contributed by atoms with Gasteiger partial charge in [-0.2, -0.15) is 10.2 Å². The molecule has 1 amide bonds. The third kappa shape index (κ3) is 4.01. The van der Waals surface area contributed by atoms with Crippen molar-refractivity contribution in [3.8, 4) is 17.7 Å². The molecule has 7 heteroatoms. The highest BCUT2D eigenvalue weighted by Crippen LogP contribution is 2.25. The second-order valence-corrected chi connectivity index (χ2v) is 6.37. The minimum Gasteiger partial charge on any atom is -0.438 e. The first-order valence-corrected chi connectivity index (χ1v) is 9.11. The minimum absolute atomic E-state index is 0.0211. The van der Waals surface area contributed by atoms with Crippen LogP contribution in [-0.2, 0) is 11.2 Å². The van der Waals surface area contributed by atoms with E-state index in [4.69, 9.17) is 4.74 Å². The lowest BCUT2D eigenvalue weighted by Gasteiger charge is -2.11. The molecule has 2 aromatic heterocycles. The molecule has 0 saturated carbocycles. The van der Waals surface area contributed by atoms with E-state index in [0.29, 0.717) is 11.4 Å². The highest BCUT2D eigenvalue weighted by molar-refractivity contribution is 6.01. The van der Waals surface area contributed by atoms with Crippen LogP contribution >= 0.6 is 0 Å². The average molecular weight is 388 g/mol. The monoisotopic (exact) mass is 388 g/mol. The summed E-state index contributed by atoms with van der Waals surface area (Å²) in [5.74, 6) is -0.0650. The number of ether oxygens (including phenoxy) is 1. The van der Waals surface area contributed by atoms with Crippen LogP contribution in [-0.4, -0.2) is 22.3 Å². The Balaban J connectivity index is 2.23. The molecule has 0 radical (unpaired) electrons. The molecule has 146 valence electrons. The van der Waals surface area contributed by atoms with Crippen LogP contribution < -0.4 is 15.6 Å². The Morgan fingerprint density at radius 3 is 2.66 bits per heavy atom. The van der Waals surface area contributed by atoms with Crippen LogP contribution in [0.3, 0.4) is 0 Å². The number of hydrogen-bond acceptors (Lipinski definition) is 5. The molecule has 0 atom stereocenters. The molecule has 0 aliphatic rings. The van der Waals surface area contributed by atoms with Gasteiger partial charge in [-0.15, -0.1) is 0 Å². The maximum absolute atomic E-state index is 13.1. The number of aryl methyl sites for hydroxylation is 2. The number of fused-ring (bicyclic) bond motifs is 1. The number of amides is 1.